The Morgan fingerprint density at radius 1 is 0.633 bits per heavy atom. The van der Waals surface area contributed by atoms with Gasteiger partial charge in [-0.25, -0.2) is 18.4 Å². The highest BCUT2D eigenvalue weighted by Crippen LogP contribution is 2.22. The number of ether oxygens (including phenoxy) is 2. The number of pyridine rings is 2. The number of nitrogens with two attached hydrogens (primary N) is 1. The molecule has 2 aliphatic heterocycles. The molecule has 0 unspecified atom stereocenters. The highest BCUT2D eigenvalue weighted by molar-refractivity contribution is 6.00. The summed E-state index contributed by atoms with van der Waals surface area (Å²) in [6, 6.07) is 16.7. The molecule has 0 radical (unpaired) electrons. The highest BCUT2D eigenvalue weighted by atomic mass is 19.4. The van der Waals surface area contributed by atoms with Crippen molar-refractivity contribution in [2.75, 3.05) is 75.5 Å². The molecule has 20 heteroatoms. The molecule has 15 nitrogen and oxygen atoms in total. The molecule has 2 saturated heterocycles. The minimum atomic E-state index is -5.08. The van der Waals surface area contributed by atoms with Crippen molar-refractivity contribution < 1.29 is 55.4 Å². The molecule has 0 atom stereocenters. The monoisotopic (exact) mass is 840 g/mol. The van der Waals surface area contributed by atoms with Gasteiger partial charge in [0.1, 0.15) is 11.6 Å². The zero-order valence-corrected chi connectivity index (χ0v) is 32.1. The number of hydrogen-bond acceptors (Lipinski definition) is 10. The molecule has 318 valence electrons. The number of rotatable bonds is 11. The van der Waals surface area contributed by atoms with Crippen LogP contribution < -0.4 is 20.9 Å². The van der Waals surface area contributed by atoms with Crippen molar-refractivity contribution in [3.63, 3.8) is 0 Å². The third kappa shape index (κ3) is 12.6. The van der Waals surface area contributed by atoms with Crippen LogP contribution in [-0.2, 0) is 27.4 Å². The van der Waals surface area contributed by atoms with Crippen molar-refractivity contribution in [1.82, 2.24) is 25.1 Å². The maximum atomic E-state index is 13.4. The largest absolute Gasteiger partial charge is 0.471 e. The quantitative estimate of drug-likeness (QED) is 0.163. The first-order valence-electron chi connectivity index (χ1n) is 18.5. The number of hydrogen-bond donors (Lipinski definition) is 2. The van der Waals surface area contributed by atoms with Crippen molar-refractivity contribution in [2.45, 2.75) is 19.3 Å². The Labute approximate surface area is 340 Å². The summed E-state index contributed by atoms with van der Waals surface area (Å²) in [7, 11) is 0. The van der Waals surface area contributed by atoms with E-state index in [0.717, 1.165) is 6.20 Å². The van der Waals surface area contributed by atoms with E-state index in [1.54, 1.807) is 34.1 Å². The number of nitrogens with one attached hydrogen (secondary N) is 1. The van der Waals surface area contributed by atoms with Crippen molar-refractivity contribution in [1.29, 1.82) is 0 Å². The lowest BCUT2D eigenvalue weighted by molar-refractivity contribution is -0.173. The molecule has 2 fully saturated rings. The van der Waals surface area contributed by atoms with Gasteiger partial charge in [-0.05, 0) is 72.8 Å². The number of urea groups is 2. The highest BCUT2D eigenvalue weighted by Gasteiger charge is 2.38. The lowest BCUT2D eigenvalue weighted by atomic mass is 10.1. The number of ketones is 2. The maximum Gasteiger partial charge on any atom is 0.471 e. The van der Waals surface area contributed by atoms with E-state index < -0.39 is 30.2 Å². The van der Waals surface area contributed by atoms with Crippen LogP contribution in [0.5, 0.6) is 0 Å². The average Bonchev–Trinajstić information content (AvgIpc) is 3.27. The van der Waals surface area contributed by atoms with Gasteiger partial charge >= 0.3 is 24.1 Å². The first kappa shape index (κ1) is 44.7. The second-order valence-electron chi connectivity index (χ2n) is 13.2. The fourth-order valence-electron chi connectivity index (χ4n) is 5.80. The van der Waals surface area contributed by atoms with Crippen LogP contribution in [0.4, 0.5) is 42.9 Å². The van der Waals surface area contributed by atoms with Gasteiger partial charge in [0.2, 0.25) is 0 Å². The van der Waals surface area contributed by atoms with Crippen LogP contribution in [-0.4, -0.2) is 121 Å². The molecular weight excluding hydrogens is 799 g/mol. The van der Waals surface area contributed by atoms with Crippen LogP contribution in [0.1, 0.15) is 32.1 Å². The third-order valence-corrected chi connectivity index (χ3v) is 9.09. The summed E-state index contributed by atoms with van der Waals surface area (Å²) in [5.74, 6) is -4.01. The Kier molecular flexibility index (Phi) is 15.7. The summed E-state index contributed by atoms with van der Waals surface area (Å²) >= 11 is 0. The first-order chi connectivity index (χ1) is 28.7. The topological polar surface area (TPSA) is 181 Å². The van der Waals surface area contributed by atoms with Gasteiger partial charge in [0.25, 0.3) is 0 Å². The van der Waals surface area contributed by atoms with Crippen molar-refractivity contribution >= 4 is 40.9 Å². The average molecular weight is 841 g/mol. The number of alkyl halides is 3. The van der Waals surface area contributed by atoms with Gasteiger partial charge in [0.05, 0.1) is 64.0 Å². The lowest BCUT2D eigenvalue weighted by Gasteiger charge is -2.33. The van der Waals surface area contributed by atoms with Crippen molar-refractivity contribution in [3.05, 3.63) is 119 Å². The summed E-state index contributed by atoms with van der Waals surface area (Å²) in [4.78, 5) is 75.2. The van der Waals surface area contributed by atoms with E-state index in [9.17, 15) is 45.9 Å². The Hall–Kier alpha value is -6.38. The van der Waals surface area contributed by atoms with E-state index in [1.807, 2.05) is 0 Å². The molecule has 0 bridgehead atoms. The van der Waals surface area contributed by atoms with E-state index in [1.165, 1.54) is 69.8 Å². The number of anilines is 2. The molecule has 6 rings (SSSR count). The standard InChI is InChI=1S/C21H20F4N4O4.C19H21FN4O3/c22-15-2-5-17(6-3-15)29(20(32)28-7-9-33-10-8-28)13-16-4-1-14(11-26-16)18(30)12-27-19(31)21(23,24)25;20-15-2-5-17(6-3-15)24(19(26)23-7-9-27-10-8-23)13-16-4-1-14(12-22-16)18(25)11-21/h1-6,11H,7-10,12-13H2,(H,27,31);1-6,12H,7-11,13,21H2. The minimum Gasteiger partial charge on any atom is -0.378 e. The second kappa shape index (κ2) is 21.0. The van der Waals surface area contributed by atoms with Crippen LogP contribution in [0.3, 0.4) is 0 Å². The number of Topliss-reactive ketones (excluding diaryl/α,β-unsaturated/α-hetero) is 2. The maximum absolute atomic E-state index is 13.4. The number of nitrogens with zero attached hydrogens (tertiary/aromatic N) is 6. The first-order valence-corrected chi connectivity index (χ1v) is 18.5. The van der Waals surface area contributed by atoms with Gasteiger partial charge in [-0.1, -0.05) is 0 Å². The molecule has 5 amide bonds. The van der Waals surface area contributed by atoms with E-state index in [4.69, 9.17) is 15.2 Å². The van der Waals surface area contributed by atoms with Gasteiger partial charge in [0, 0.05) is 61.1 Å². The Morgan fingerprint density at radius 3 is 1.38 bits per heavy atom. The van der Waals surface area contributed by atoms with Gasteiger partial charge in [-0.3, -0.25) is 34.2 Å². The molecule has 2 aromatic heterocycles. The van der Waals surface area contributed by atoms with Crippen LogP contribution in [0.15, 0.2) is 85.2 Å². The molecule has 2 aromatic carbocycles. The normalized spacial score (nSPS) is 14.0. The fraction of sp³-hybridized carbons (Fsp3) is 0.325. The summed E-state index contributed by atoms with van der Waals surface area (Å²) in [6.45, 7) is 2.79. The Balaban J connectivity index is 0.000000232. The Morgan fingerprint density at radius 2 is 1.03 bits per heavy atom. The van der Waals surface area contributed by atoms with Crippen LogP contribution in [0, 0.1) is 11.6 Å². The van der Waals surface area contributed by atoms with Crippen LogP contribution in [0.2, 0.25) is 0 Å². The smallest absolute Gasteiger partial charge is 0.378 e. The van der Waals surface area contributed by atoms with Gasteiger partial charge < -0.3 is 30.3 Å². The van der Waals surface area contributed by atoms with Crippen LogP contribution >= 0.6 is 0 Å². The van der Waals surface area contributed by atoms with Gasteiger partial charge in [0.15, 0.2) is 11.6 Å². The molecule has 3 N–H and O–H groups in total. The Bertz CT molecular complexity index is 2080. The number of carbonyl (C=O) groups excluding carboxylic acids is 5. The number of benzene rings is 2. The summed E-state index contributed by atoms with van der Waals surface area (Å²) < 4.78 is 73.9. The zero-order chi connectivity index (χ0) is 43.2. The van der Waals surface area contributed by atoms with E-state index in [-0.39, 0.29) is 48.9 Å². The third-order valence-electron chi connectivity index (χ3n) is 9.09. The second-order valence-corrected chi connectivity index (χ2v) is 13.2. The number of carbonyl (C=O) groups is 5. The summed E-state index contributed by atoms with van der Waals surface area (Å²) in [5.41, 5.74) is 7.77. The van der Waals surface area contributed by atoms with E-state index >= 15 is 0 Å². The predicted octanol–water partition coefficient (Wildman–Crippen LogP) is 4.36. The predicted molar refractivity (Wildman–Crippen MR) is 206 cm³/mol. The molecule has 0 spiro atoms. The van der Waals surface area contributed by atoms with Crippen molar-refractivity contribution in [3.8, 4) is 0 Å². The number of halogens is 5. The fourth-order valence-corrected chi connectivity index (χ4v) is 5.80. The van der Waals surface area contributed by atoms with E-state index in [0.29, 0.717) is 80.9 Å². The van der Waals surface area contributed by atoms with Crippen molar-refractivity contribution in [2.24, 2.45) is 5.73 Å². The SMILES string of the molecule is NCC(=O)c1ccc(CN(C(=O)N2CCOCC2)c2ccc(F)cc2)nc1.O=C(CNC(=O)C(F)(F)F)c1ccc(CN(C(=O)N2CCOCC2)c2ccc(F)cc2)nc1. The number of aromatic nitrogens is 2. The molecule has 4 aromatic rings. The minimum absolute atomic E-state index is 0.00109. The summed E-state index contributed by atoms with van der Waals surface area (Å²) in [6.07, 6.45) is -2.48. The summed E-state index contributed by atoms with van der Waals surface area (Å²) in [5, 5.41) is 1.50. The zero-order valence-electron chi connectivity index (χ0n) is 32.1. The molecular formula is C40H41F5N8O7. The molecule has 60 heavy (non-hydrogen) atoms. The molecule has 2 aliphatic rings. The molecule has 4 heterocycles. The van der Waals surface area contributed by atoms with Gasteiger partial charge in [-0.2, -0.15) is 13.2 Å². The van der Waals surface area contributed by atoms with E-state index in [2.05, 4.69) is 9.97 Å². The number of amides is 5. The van der Waals surface area contributed by atoms with Crippen LogP contribution in [0.25, 0.3) is 0 Å². The lowest BCUT2D eigenvalue weighted by Crippen LogP contribution is -2.48. The number of morpholine rings is 2. The van der Waals surface area contributed by atoms with Gasteiger partial charge in [-0.15, -0.1) is 0 Å². The molecule has 0 aliphatic carbocycles. The molecule has 0 saturated carbocycles.